The molecule has 0 aromatic carbocycles. The van der Waals surface area contributed by atoms with E-state index in [1.165, 1.54) is 12.5 Å². The van der Waals surface area contributed by atoms with E-state index in [1.54, 1.807) is 12.3 Å². The van der Waals surface area contributed by atoms with Crippen molar-refractivity contribution in [1.82, 2.24) is 25.5 Å². The zero-order valence-electron chi connectivity index (χ0n) is 12.1. The number of nitrogens with zero attached hydrogens (tertiary/aromatic N) is 3. The number of piperidine rings is 1. The molecule has 0 spiro atoms. The van der Waals surface area contributed by atoms with E-state index < -0.39 is 0 Å². The van der Waals surface area contributed by atoms with Gasteiger partial charge in [-0.3, -0.25) is 9.89 Å². The number of nitrogens with one attached hydrogen (secondary N) is 3. The normalized spacial score (nSPS) is 18.9. The van der Waals surface area contributed by atoms with Crippen LogP contribution in [0.4, 0.5) is 5.95 Å². The lowest BCUT2D eigenvalue weighted by Gasteiger charge is -2.31. The van der Waals surface area contributed by atoms with Crippen LogP contribution in [0.5, 0.6) is 0 Å². The van der Waals surface area contributed by atoms with Gasteiger partial charge in [0.2, 0.25) is 11.5 Å². The van der Waals surface area contributed by atoms with Crippen molar-refractivity contribution in [2.24, 2.45) is 5.92 Å². The first kappa shape index (κ1) is 13.8. The Morgan fingerprint density at radius 2 is 2.38 bits per heavy atom. The predicted molar refractivity (Wildman–Crippen MR) is 81.3 cm³/mol. The predicted octanol–water partition coefficient (Wildman–Crippen LogP) is 0.596. The highest BCUT2D eigenvalue weighted by atomic mass is 16.1. The van der Waals surface area contributed by atoms with E-state index in [2.05, 4.69) is 30.4 Å². The smallest absolute Gasteiger partial charge is 0.247 e. The summed E-state index contributed by atoms with van der Waals surface area (Å²) in [5, 5.41) is 10.5. The van der Waals surface area contributed by atoms with Crippen molar-refractivity contribution < 1.29 is 0 Å². The molecule has 0 amide bonds. The Bertz CT molecular complexity index is 626. The summed E-state index contributed by atoms with van der Waals surface area (Å²) < 4.78 is 0. The fraction of sp³-hybridized carbons (Fsp3) is 0.500. The van der Waals surface area contributed by atoms with Crippen LogP contribution in [0.2, 0.25) is 0 Å². The van der Waals surface area contributed by atoms with Gasteiger partial charge in [-0.05, 0) is 38.4 Å². The number of hydrogen-bond donors (Lipinski definition) is 3. The van der Waals surface area contributed by atoms with Gasteiger partial charge in [-0.2, -0.15) is 4.98 Å². The number of aromatic amines is 2. The molecule has 2 aromatic rings. The van der Waals surface area contributed by atoms with Crippen molar-refractivity contribution in [2.75, 3.05) is 31.6 Å². The van der Waals surface area contributed by atoms with Crippen molar-refractivity contribution in [3.05, 3.63) is 28.7 Å². The number of pyridine rings is 1. The molecule has 2 aromatic heterocycles. The molecule has 3 heterocycles. The second-order valence-corrected chi connectivity index (χ2v) is 5.44. The molecule has 112 valence electrons. The molecule has 3 rings (SSSR count). The van der Waals surface area contributed by atoms with Crippen LogP contribution in [0.25, 0.3) is 11.4 Å². The van der Waals surface area contributed by atoms with Crippen LogP contribution in [0, 0.1) is 5.92 Å². The van der Waals surface area contributed by atoms with Gasteiger partial charge in [0.1, 0.15) is 0 Å². The highest BCUT2D eigenvalue weighted by molar-refractivity contribution is 5.54. The number of aromatic nitrogens is 4. The quantitative estimate of drug-likeness (QED) is 0.766. The summed E-state index contributed by atoms with van der Waals surface area (Å²) in [6.07, 6.45) is 4.05. The van der Waals surface area contributed by atoms with E-state index in [0.29, 0.717) is 11.7 Å². The third-order valence-electron chi connectivity index (χ3n) is 3.83. The van der Waals surface area contributed by atoms with Crippen molar-refractivity contribution in [1.29, 1.82) is 0 Å². The molecule has 0 bridgehead atoms. The lowest BCUT2D eigenvalue weighted by Crippen LogP contribution is -2.39. The van der Waals surface area contributed by atoms with E-state index in [9.17, 15) is 4.79 Å². The van der Waals surface area contributed by atoms with Crippen molar-refractivity contribution in [3.63, 3.8) is 0 Å². The highest BCUT2D eigenvalue weighted by Crippen LogP contribution is 2.21. The first-order valence-corrected chi connectivity index (χ1v) is 7.27. The minimum Gasteiger partial charge on any atom is -0.339 e. The fourth-order valence-corrected chi connectivity index (χ4v) is 2.78. The Morgan fingerprint density at radius 3 is 3.14 bits per heavy atom. The van der Waals surface area contributed by atoms with E-state index in [1.807, 2.05) is 7.05 Å². The Morgan fingerprint density at radius 1 is 1.48 bits per heavy atom. The van der Waals surface area contributed by atoms with Crippen LogP contribution in [-0.2, 0) is 0 Å². The molecule has 7 heteroatoms. The third-order valence-corrected chi connectivity index (χ3v) is 3.83. The number of H-pyrrole nitrogens is 2. The average Bonchev–Trinajstić information content (AvgIpc) is 2.98. The maximum absolute atomic E-state index is 11.1. The minimum atomic E-state index is -0.121. The number of rotatable bonds is 4. The molecule has 1 fully saturated rings. The van der Waals surface area contributed by atoms with E-state index in [-0.39, 0.29) is 5.56 Å². The molecular formula is C14H20N6O. The van der Waals surface area contributed by atoms with Gasteiger partial charge < -0.3 is 15.2 Å². The molecule has 7 nitrogen and oxygen atoms in total. The van der Waals surface area contributed by atoms with Crippen LogP contribution in [0.3, 0.4) is 0 Å². The topological polar surface area (TPSA) is 89.7 Å². The van der Waals surface area contributed by atoms with Gasteiger partial charge in [-0.1, -0.05) is 0 Å². The molecule has 1 atom stereocenters. The SMILES string of the molecule is CNCC1CCCN(c2n[nH]c(-c3ccc(=O)[nH]c3)n2)C1. The molecule has 1 aliphatic rings. The fourth-order valence-electron chi connectivity index (χ4n) is 2.78. The van der Waals surface area contributed by atoms with Gasteiger partial charge in [0.25, 0.3) is 0 Å². The Labute approximate surface area is 122 Å². The first-order valence-electron chi connectivity index (χ1n) is 7.27. The van der Waals surface area contributed by atoms with E-state index >= 15 is 0 Å². The van der Waals surface area contributed by atoms with Gasteiger partial charge in [-0.25, -0.2) is 0 Å². The summed E-state index contributed by atoms with van der Waals surface area (Å²) in [6.45, 7) is 2.99. The van der Waals surface area contributed by atoms with Crippen molar-refractivity contribution in [3.8, 4) is 11.4 Å². The summed E-state index contributed by atoms with van der Waals surface area (Å²) >= 11 is 0. The second kappa shape index (κ2) is 6.09. The van der Waals surface area contributed by atoms with Crippen LogP contribution in [0.1, 0.15) is 12.8 Å². The number of hydrogen-bond acceptors (Lipinski definition) is 5. The maximum atomic E-state index is 11.1. The molecule has 0 aliphatic carbocycles. The van der Waals surface area contributed by atoms with Crippen LogP contribution < -0.4 is 15.8 Å². The third kappa shape index (κ3) is 3.13. The summed E-state index contributed by atoms with van der Waals surface area (Å²) in [5.74, 6) is 2.05. The zero-order valence-corrected chi connectivity index (χ0v) is 12.1. The number of anilines is 1. The van der Waals surface area contributed by atoms with E-state index in [0.717, 1.165) is 37.6 Å². The summed E-state index contributed by atoms with van der Waals surface area (Å²) in [5.41, 5.74) is 0.710. The molecular weight excluding hydrogens is 268 g/mol. The second-order valence-electron chi connectivity index (χ2n) is 5.44. The van der Waals surface area contributed by atoms with Gasteiger partial charge in [-0.15, -0.1) is 5.10 Å². The Hall–Kier alpha value is -2.15. The molecule has 1 aliphatic heterocycles. The van der Waals surface area contributed by atoms with Gasteiger partial charge >= 0.3 is 0 Å². The lowest BCUT2D eigenvalue weighted by atomic mass is 9.98. The molecule has 3 N–H and O–H groups in total. The molecule has 21 heavy (non-hydrogen) atoms. The molecule has 1 saturated heterocycles. The van der Waals surface area contributed by atoms with Gasteiger partial charge in [0, 0.05) is 30.9 Å². The lowest BCUT2D eigenvalue weighted by molar-refractivity contribution is 0.399. The van der Waals surface area contributed by atoms with Crippen molar-refractivity contribution >= 4 is 5.95 Å². The van der Waals surface area contributed by atoms with Crippen LogP contribution in [-0.4, -0.2) is 46.8 Å². The van der Waals surface area contributed by atoms with E-state index in [4.69, 9.17) is 0 Å². The van der Waals surface area contributed by atoms with Gasteiger partial charge in [0.05, 0.1) is 0 Å². The monoisotopic (exact) mass is 288 g/mol. The Kier molecular flexibility index (Phi) is 4.01. The summed E-state index contributed by atoms with van der Waals surface area (Å²) in [7, 11) is 1.99. The zero-order chi connectivity index (χ0) is 14.7. The van der Waals surface area contributed by atoms with Crippen molar-refractivity contribution in [2.45, 2.75) is 12.8 Å². The molecule has 1 unspecified atom stereocenters. The standard InChI is InChI=1S/C14H20N6O/c1-15-7-10-3-2-6-20(9-10)14-17-13(18-19-14)11-4-5-12(21)16-8-11/h4-5,8,10,15H,2-3,6-7,9H2,1H3,(H,16,21)(H,17,18,19). The maximum Gasteiger partial charge on any atom is 0.247 e. The first-order chi connectivity index (χ1) is 10.3. The highest BCUT2D eigenvalue weighted by Gasteiger charge is 2.22. The largest absolute Gasteiger partial charge is 0.339 e. The van der Waals surface area contributed by atoms with Gasteiger partial charge in [0.15, 0.2) is 5.82 Å². The van der Waals surface area contributed by atoms with Crippen LogP contribution >= 0.6 is 0 Å². The average molecular weight is 288 g/mol. The summed E-state index contributed by atoms with van der Waals surface area (Å²) in [4.78, 5) is 20.5. The summed E-state index contributed by atoms with van der Waals surface area (Å²) in [6, 6.07) is 3.23. The Balaban J connectivity index is 1.75. The van der Waals surface area contributed by atoms with Crippen LogP contribution in [0.15, 0.2) is 23.1 Å². The molecule has 0 saturated carbocycles. The molecule has 0 radical (unpaired) electrons. The minimum absolute atomic E-state index is 0.121.